The van der Waals surface area contributed by atoms with Crippen molar-refractivity contribution in [3.63, 3.8) is 0 Å². The molecule has 0 bridgehead atoms. The average molecular weight is 549 g/mol. The Morgan fingerprint density at radius 2 is 1.69 bits per heavy atom. The van der Waals surface area contributed by atoms with Gasteiger partial charge in [0, 0.05) is 24.0 Å². The van der Waals surface area contributed by atoms with Crippen LogP contribution in [0.1, 0.15) is 19.8 Å². The first-order chi connectivity index (χ1) is 17.3. The lowest BCUT2D eigenvalue weighted by Crippen LogP contribution is -2.41. The van der Waals surface area contributed by atoms with Gasteiger partial charge in [0.2, 0.25) is 15.9 Å². The number of sulfonamides is 1. The Balaban J connectivity index is 1.41. The molecule has 3 aromatic carbocycles. The van der Waals surface area contributed by atoms with Crippen LogP contribution in [0.5, 0.6) is 17.2 Å². The number of anilines is 1. The summed E-state index contributed by atoms with van der Waals surface area (Å²) in [5.41, 5.74) is 0.454. The van der Waals surface area contributed by atoms with Gasteiger partial charge < -0.3 is 14.8 Å². The predicted octanol–water partition coefficient (Wildman–Crippen LogP) is 6.22. The van der Waals surface area contributed by atoms with E-state index in [0.29, 0.717) is 47.4 Å². The zero-order chi connectivity index (χ0) is 25.7. The molecule has 1 fully saturated rings. The minimum atomic E-state index is -3.75. The van der Waals surface area contributed by atoms with Crippen LogP contribution in [0.25, 0.3) is 0 Å². The van der Waals surface area contributed by atoms with Crippen molar-refractivity contribution in [2.45, 2.75) is 24.7 Å². The van der Waals surface area contributed by atoms with E-state index in [9.17, 15) is 13.2 Å². The van der Waals surface area contributed by atoms with Gasteiger partial charge in [0.05, 0.1) is 22.2 Å². The number of ether oxygens (including phenoxy) is 2. The molecule has 0 atom stereocenters. The molecule has 7 nitrogen and oxygen atoms in total. The number of para-hydroxylation sites is 1. The Hall–Kier alpha value is -2.78. The van der Waals surface area contributed by atoms with Gasteiger partial charge in [-0.2, -0.15) is 4.31 Å². The van der Waals surface area contributed by atoms with E-state index in [1.165, 1.54) is 16.4 Å². The van der Waals surface area contributed by atoms with Crippen LogP contribution in [-0.2, 0) is 14.8 Å². The van der Waals surface area contributed by atoms with Crippen LogP contribution in [-0.4, -0.2) is 38.3 Å². The second-order valence-corrected chi connectivity index (χ2v) is 11.0. The summed E-state index contributed by atoms with van der Waals surface area (Å²) >= 11 is 12.3. The molecule has 0 unspecified atom stereocenters. The molecule has 0 spiro atoms. The van der Waals surface area contributed by atoms with Gasteiger partial charge in [-0.1, -0.05) is 41.4 Å². The maximum atomic E-state index is 13.1. The molecule has 3 aromatic rings. The quantitative estimate of drug-likeness (QED) is 0.361. The van der Waals surface area contributed by atoms with Gasteiger partial charge in [0.25, 0.3) is 0 Å². The number of carbonyl (C=O) groups excluding carboxylic acids is 1. The lowest BCUT2D eigenvalue weighted by atomic mass is 9.97. The number of nitrogens with one attached hydrogen (secondary N) is 1. The van der Waals surface area contributed by atoms with Gasteiger partial charge in [-0.15, -0.1) is 0 Å². The normalized spacial score (nSPS) is 14.9. The third-order valence-corrected chi connectivity index (χ3v) is 8.26. The van der Waals surface area contributed by atoms with E-state index in [1.54, 1.807) is 24.3 Å². The molecular formula is C26H26Cl2N2O5S. The molecule has 36 heavy (non-hydrogen) atoms. The van der Waals surface area contributed by atoms with E-state index < -0.39 is 10.0 Å². The summed E-state index contributed by atoms with van der Waals surface area (Å²) in [4.78, 5) is 13.1. The Morgan fingerprint density at radius 1 is 1.00 bits per heavy atom. The van der Waals surface area contributed by atoms with Crippen LogP contribution >= 0.6 is 23.2 Å². The minimum absolute atomic E-state index is 0.0977. The fourth-order valence-electron chi connectivity index (χ4n) is 3.96. The van der Waals surface area contributed by atoms with E-state index in [-0.39, 0.29) is 34.8 Å². The molecule has 0 radical (unpaired) electrons. The third kappa shape index (κ3) is 6.13. The first kappa shape index (κ1) is 26.3. The van der Waals surface area contributed by atoms with Crippen molar-refractivity contribution in [1.82, 2.24) is 4.31 Å². The van der Waals surface area contributed by atoms with Crippen molar-refractivity contribution in [3.8, 4) is 17.2 Å². The van der Waals surface area contributed by atoms with Crippen LogP contribution in [0.3, 0.4) is 0 Å². The number of carbonyl (C=O) groups is 1. The summed E-state index contributed by atoms with van der Waals surface area (Å²) in [7, 11) is -3.75. The molecular weight excluding hydrogens is 523 g/mol. The molecule has 4 rings (SSSR count). The number of rotatable bonds is 8. The van der Waals surface area contributed by atoms with Crippen molar-refractivity contribution >= 4 is 44.8 Å². The fourth-order valence-corrected chi connectivity index (χ4v) is 5.93. The molecule has 1 saturated heterocycles. The summed E-state index contributed by atoms with van der Waals surface area (Å²) in [6.45, 7) is 2.68. The summed E-state index contributed by atoms with van der Waals surface area (Å²) in [6, 6.07) is 18.7. The van der Waals surface area contributed by atoms with Crippen LogP contribution in [0.15, 0.2) is 71.6 Å². The molecule has 1 amide bonds. The van der Waals surface area contributed by atoms with Gasteiger partial charge >= 0.3 is 0 Å². The number of hydrogen-bond acceptors (Lipinski definition) is 5. The van der Waals surface area contributed by atoms with E-state index in [0.717, 1.165) is 0 Å². The van der Waals surface area contributed by atoms with Gasteiger partial charge in [0.1, 0.15) is 11.5 Å². The van der Waals surface area contributed by atoms with Crippen LogP contribution in [0.2, 0.25) is 10.0 Å². The van der Waals surface area contributed by atoms with Gasteiger partial charge in [-0.25, -0.2) is 8.42 Å². The highest BCUT2D eigenvalue weighted by atomic mass is 35.5. The molecule has 1 heterocycles. The SMILES string of the molecule is CCOc1ccc(S(=O)(=O)N2CCC(C(=O)Nc3cc(Cl)ccc3Oc3ccccc3)CC2)cc1Cl. The number of hydrogen-bond donors (Lipinski definition) is 1. The van der Waals surface area contributed by atoms with E-state index >= 15 is 0 Å². The largest absolute Gasteiger partial charge is 0.492 e. The molecule has 0 saturated carbocycles. The van der Waals surface area contributed by atoms with Gasteiger partial charge in [-0.05, 0) is 68.3 Å². The van der Waals surface area contributed by atoms with E-state index in [2.05, 4.69) is 5.32 Å². The average Bonchev–Trinajstić information content (AvgIpc) is 2.87. The lowest BCUT2D eigenvalue weighted by Gasteiger charge is -2.30. The Labute approximate surface area is 221 Å². The van der Waals surface area contributed by atoms with Crippen molar-refractivity contribution in [1.29, 1.82) is 0 Å². The monoisotopic (exact) mass is 548 g/mol. The third-order valence-electron chi connectivity index (χ3n) is 5.84. The van der Waals surface area contributed by atoms with Crippen LogP contribution in [0.4, 0.5) is 5.69 Å². The molecule has 1 N–H and O–H groups in total. The molecule has 0 aliphatic carbocycles. The number of amides is 1. The topological polar surface area (TPSA) is 84.9 Å². The summed E-state index contributed by atoms with van der Waals surface area (Å²) in [5.74, 6) is 0.958. The molecule has 1 aliphatic rings. The van der Waals surface area contributed by atoms with Crippen molar-refractivity contribution < 1.29 is 22.7 Å². The second kappa shape index (κ2) is 11.5. The highest BCUT2D eigenvalue weighted by Gasteiger charge is 2.32. The van der Waals surface area contributed by atoms with Crippen molar-refractivity contribution in [2.24, 2.45) is 5.92 Å². The zero-order valence-electron chi connectivity index (χ0n) is 19.6. The number of halogens is 2. The first-order valence-electron chi connectivity index (χ1n) is 11.5. The lowest BCUT2D eigenvalue weighted by molar-refractivity contribution is -0.120. The Bertz CT molecular complexity index is 1330. The van der Waals surface area contributed by atoms with E-state index in [1.807, 2.05) is 37.3 Å². The number of benzene rings is 3. The van der Waals surface area contributed by atoms with Crippen LogP contribution in [0, 0.1) is 5.92 Å². The fraction of sp³-hybridized carbons (Fsp3) is 0.269. The molecule has 1 aliphatic heterocycles. The maximum Gasteiger partial charge on any atom is 0.243 e. The first-order valence-corrected chi connectivity index (χ1v) is 13.7. The Kier molecular flexibility index (Phi) is 8.41. The molecule has 10 heteroatoms. The van der Waals surface area contributed by atoms with Crippen molar-refractivity contribution in [3.05, 3.63) is 76.8 Å². The van der Waals surface area contributed by atoms with Gasteiger partial charge in [-0.3, -0.25) is 4.79 Å². The highest BCUT2D eigenvalue weighted by Crippen LogP contribution is 2.34. The van der Waals surface area contributed by atoms with Gasteiger partial charge in [0.15, 0.2) is 5.75 Å². The molecule has 190 valence electrons. The summed E-state index contributed by atoms with van der Waals surface area (Å²) in [6.07, 6.45) is 0.760. The Morgan fingerprint density at radius 3 is 2.36 bits per heavy atom. The number of nitrogens with zero attached hydrogens (tertiary/aromatic N) is 1. The smallest absolute Gasteiger partial charge is 0.243 e. The summed E-state index contributed by atoms with van der Waals surface area (Å²) in [5, 5.41) is 3.60. The highest BCUT2D eigenvalue weighted by molar-refractivity contribution is 7.89. The summed E-state index contributed by atoms with van der Waals surface area (Å²) < 4.78 is 38.9. The van der Waals surface area contributed by atoms with E-state index in [4.69, 9.17) is 32.7 Å². The molecule has 0 aromatic heterocycles. The number of piperidine rings is 1. The van der Waals surface area contributed by atoms with Crippen molar-refractivity contribution in [2.75, 3.05) is 25.0 Å². The predicted molar refractivity (Wildman–Crippen MR) is 141 cm³/mol. The zero-order valence-corrected chi connectivity index (χ0v) is 21.9. The van der Waals surface area contributed by atoms with Crippen LogP contribution < -0.4 is 14.8 Å². The standard InChI is InChI=1S/C26H26Cl2N2O5S/c1-2-34-24-11-9-21(17-22(24)28)36(32,33)30-14-12-18(13-15-30)26(31)29-23-16-19(27)8-10-25(23)35-20-6-4-3-5-7-20/h3-11,16-18H,2,12-15H2,1H3,(H,29,31). The maximum absolute atomic E-state index is 13.1. The second-order valence-electron chi connectivity index (χ2n) is 8.25. The minimum Gasteiger partial charge on any atom is -0.492 e.